The van der Waals surface area contributed by atoms with Gasteiger partial charge in [0.25, 0.3) is 0 Å². The Hall–Kier alpha value is -4.42. The second kappa shape index (κ2) is 15.9. The second-order valence-electron chi connectivity index (χ2n) is 13.4. The van der Waals surface area contributed by atoms with Crippen molar-refractivity contribution in [2.75, 3.05) is 25.0 Å². The summed E-state index contributed by atoms with van der Waals surface area (Å²) in [4.78, 5) is 34.8. The van der Waals surface area contributed by atoms with Gasteiger partial charge in [0, 0.05) is 33.9 Å². The highest BCUT2D eigenvalue weighted by Gasteiger charge is 2.37. The molecule has 0 saturated heterocycles. The molecule has 3 aromatic carbocycles. The number of β-amino-alcohol motifs (C(OH)–C–C–N with tert-alkyl or cyclic N) is 1. The zero-order valence-corrected chi connectivity index (χ0v) is 29.7. The number of rotatable bonds is 12. The quantitative estimate of drug-likeness (QED) is 0.118. The van der Waals surface area contributed by atoms with Crippen LogP contribution in [0.15, 0.2) is 75.1 Å². The Kier molecular flexibility index (Phi) is 11.8. The van der Waals surface area contributed by atoms with E-state index in [0.717, 1.165) is 5.56 Å². The fourth-order valence-electron chi connectivity index (χ4n) is 5.69. The van der Waals surface area contributed by atoms with E-state index in [2.05, 4.69) is 52.5 Å². The number of carboxylic acids is 1. The minimum Gasteiger partial charge on any atom is -0.508 e. The Morgan fingerprint density at radius 3 is 2.43 bits per heavy atom. The number of phenolic OH excluding ortho intramolecular Hbond substituents is 1. The molecular formula is C35H42BrN7O8. The molecule has 272 valence electrons. The number of aliphatic imine (C=N–C) groups is 2. The van der Waals surface area contributed by atoms with Crippen molar-refractivity contribution in [2.24, 2.45) is 9.98 Å². The minimum atomic E-state index is -1.70. The maximum Gasteiger partial charge on any atom is 0.323 e. The number of benzene rings is 3. The Bertz CT molecular complexity index is 1830. The number of carboxylic acid groups (broad SMARTS) is 1. The summed E-state index contributed by atoms with van der Waals surface area (Å²) < 4.78 is 0.632. The molecule has 3 aromatic rings. The van der Waals surface area contributed by atoms with Crippen LogP contribution in [0, 0.1) is 0 Å². The van der Waals surface area contributed by atoms with Gasteiger partial charge in [0.2, 0.25) is 5.91 Å². The molecule has 2 heterocycles. The summed E-state index contributed by atoms with van der Waals surface area (Å²) in [5, 5.41) is 77.3. The maximum atomic E-state index is 13.5. The van der Waals surface area contributed by atoms with Gasteiger partial charge in [0.15, 0.2) is 5.96 Å². The van der Waals surface area contributed by atoms with E-state index in [1.54, 1.807) is 36.4 Å². The molecule has 11 N–H and O–H groups in total. The topological polar surface area (TPSA) is 240 Å². The van der Waals surface area contributed by atoms with Crippen molar-refractivity contribution < 1.29 is 40.2 Å². The number of aliphatic hydroxyl groups is 4. The number of carbonyl (C=O) groups excluding carboxylic acids is 1. The number of aliphatic hydroxyl groups excluding tert-OH is 4. The van der Waals surface area contributed by atoms with Crippen molar-refractivity contribution in [2.45, 2.75) is 62.9 Å². The van der Waals surface area contributed by atoms with Gasteiger partial charge in [-0.25, -0.2) is 0 Å². The summed E-state index contributed by atoms with van der Waals surface area (Å²) in [5.74, 6) is -1.89. The van der Waals surface area contributed by atoms with Crippen molar-refractivity contribution in [3.63, 3.8) is 0 Å². The van der Waals surface area contributed by atoms with Gasteiger partial charge in [-0.15, -0.1) is 0 Å². The number of anilines is 1. The molecule has 0 aromatic heterocycles. The van der Waals surface area contributed by atoms with Crippen LogP contribution < -0.4 is 26.6 Å². The van der Waals surface area contributed by atoms with Gasteiger partial charge in [-0.05, 0) is 46.9 Å². The monoisotopic (exact) mass is 767 g/mol. The van der Waals surface area contributed by atoms with Crippen LogP contribution in [0.5, 0.6) is 5.75 Å². The number of para-hydroxylation sites is 1. The van der Waals surface area contributed by atoms with E-state index in [9.17, 15) is 40.2 Å². The van der Waals surface area contributed by atoms with E-state index in [0.29, 0.717) is 32.9 Å². The fraction of sp³-hybridized carbons (Fsp3) is 0.371. The molecule has 51 heavy (non-hydrogen) atoms. The maximum absolute atomic E-state index is 13.5. The lowest BCUT2D eigenvalue weighted by molar-refractivity contribution is -0.141. The van der Waals surface area contributed by atoms with E-state index in [-0.39, 0.29) is 35.5 Å². The standard InChI is InChI=1S/C35H42BrN7O8/c1-35(2,3)19-8-17(9-20(36)12-19)27(28(33(50)51)43-32(49)29-30(47)24-6-4-5-7-25(24)41-29)42-26(46)16-37-31(48)18-10-21(13-22(44)11-18)40-34-38-14-23(45)15-39-34/h4-13,23,27-28,30-32,37,43-45,47-49H,14-16H2,1-3H3,(H,42,46)(H,50,51)(H2,38,39,40). The average Bonchev–Trinajstić information content (AvgIpc) is 3.41. The number of fused-ring (bicyclic) bond motifs is 1. The second-order valence-corrected chi connectivity index (χ2v) is 14.3. The van der Waals surface area contributed by atoms with Crippen LogP contribution in [0.1, 0.15) is 61.4 Å². The molecule has 0 radical (unpaired) electrons. The van der Waals surface area contributed by atoms with E-state index < -0.39 is 55.2 Å². The highest BCUT2D eigenvalue weighted by Crippen LogP contribution is 2.35. The normalized spacial score (nSPS) is 19.5. The Morgan fingerprint density at radius 2 is 1.76 bits per heavy atom. The average molecular weight is 769 g/mol. The SMILES string of the molecule is CC(C)(C)c1cc(Br)cc(C(NC(=O)CNC(O)c2cc(O)cc(NC3=NCC(O)CN3)c2)C(NC(O)C2=Nc3ccccc3C2O)C(=O)O)c1. The molecule has 6 atom stereocenters. The number of hydrogen-bond acceptors (Lipinski definition) is 13. The number of aromatic hydroxyl groups is 1. The number of carbonyl (C=O) groups is 2. The van der Waals surface area contributed by atoms with Gasteiger partial charge < -0.3 is 46.6 Å². The van der Waals surface area contributed by atoms with Crippen LogP contribution in [0.3, 0.4) is 0 Å². The molecule has 0 spiro atoms. The van der Waals surface area contributed by atoms with Gasteiger partial charge >= 0.3 is 5.97 Å². The highest BCUT2D eigenvalue weighted by atomic mass is 79.9. The minimum absolute atomic E-state index is 0.0918. The Balaban J connectivity index is 1.35. The van der Waals surface area contributed by atoms with E-state index >= 15 is 0 Å². The van der Waals surface area contributed by atoms with Gasteiger partial charge in [0.1, 0.15) is 30.4 Å². The zero-order valence-electron chi connectivity index (χ0n) is 28.1. The molecule has 15 nitrogen and oxygen atoms in total. The number of aliphatic carboxylic acids is 1. The molecule has 5 rings (SSSR count). The van der Waals surface area contributed by atoms with Crippen molar-refractivity contribution in [1.29, 1.82) is 0 Å². The molecule has 0 aliphatic carbocycles. The lowest BCUT2D eigenvalue weighted by Gasteiger charge is -2.30. The van der Waals surface area contributed by atoms with Gasteiger partial charge in [-0.1, -0.05) is 61.0 Å². The van der Waals surface area contributed by atoms with Crippen LogP contribution >= 0.6 is 15.9 Å². The summed E-state index contributed by atoms with van der Waals surface area (Å²) in [6, 6.07) is 13.4. The van der Waals surface area contributed by atoms with Crippen LogP contribution in [-0.2, 0) is 15.0 Å². The number of guanidine groups is 1. The molecule has 0 saturated carbocycles. The molecule has 6 unspecified atom stereocenters. The fourth-order valence-corrected chi connectivity index (χ4v) is 6.20. The van der Waals surface area contributed by atoms with Gasteiger partial charge in [-0.2, -0.15) is 0 Å². The summed E-state index contributed by atoms with van der Waals surface area (Å²) in [6.45, 7) is 5.96. The van der Waals surface area contributed by atoms with Crippen molar-refractivity contribution in [1.82, 2.24) is 21.3 Å². The number of nitrogens with one attached hydrogen (secondary N) is 5. The number of nitrogens with zero attached hydrogens (tertiary/aromatic N) is 2. The van der Waals surface area contributed by atoms with Crippen LogP contribution in [0.2, 0.25) is 0 Å². The third-order valence-electron chi connectivity index (χ3n) is 8.38. The zero-order chi connectivity index (χ0) is 37.0. The summed E-state index contributed by atoms with van der Waals surface area (Å²) in [7, 11) is 0. The predicted octanol–water partition coefficient (Wildman–Crippen LogP) is 1.80. The van der Waals surface area contributed by atoms with Crippen LogP contribution in [-0.4, -0.2) is 92.2 Å². The third-order valence-corrected chi connectivity index (χ3v) is 8.84. The first-order valence-corrected chi connectivity index (χ1v) is 17.0. The van der Waals surface area contributed by atoms with E-state index in [1.807, 2.05) is 26.8 Å². The molecule has 1 amide bonds. The lowest BCUT2D eigenvalue weighted by atomic mass is 9.84. The van der Waals surface area contributed by atoms with Crippen molar-refractivity contribution >= 4 is 50.9 Å². The summed E-state index contributed by atoms with van der Waals surface area (Å²) in [6.07, 6.45) is -5.02. The highest BCUT2D eigenvalue weighted by molar-refractivity contribution is 9.10. The Labute approximate surface area is 302 Å². The lowest BCUT2D eigenvalue weighted by Crippen LogP contribution is -2.55. The first kappa shape index (κ1) is 37.8. The summed E-state index contributed by atoms with van der Waals surface area (Å²) in [5.41, 5.74) is 2.31. The smallest absolute Gasteiger partial charge is 0.323 e. The molecule has 16 heteroatoms. The first-order chi connectivity index (χ1) is 24.1. The molecule has 2 aliphatic rings. The van der Waals surface area contributed by atoms with Crippen molar-refractivity contribution in [3.05, 3.63) is 87.4 Å². The summed E-state index contributed by atoms with van der Waals surface area (Å²) >= 11 is 3.50. The number of hydrogen-bond donors (Lipinski definition) is 11. The predicted molar refractivity (Wildman–Crippen MR) is 194 cm³/mol. The molecule has 0 fully saturated rings. The van der Waals surface area contributed by atoms with E-state index in [1.165, 1.54) is 18.2 Å². The first-order valence-electron chi connectivity index (χ1n) is 16.2. The van der Waals surface area contributed by atoms with Gasteiger partial charge in [-0.3, -0.25) is 30.2 Å². The van der Waals surface area contributed by atoms with Crippen LogP contribution in [0.4, 0.5) is 11.4 Å². The number of phenols is 1. The Morgan fingerprint density at radius 1 is 1.02 bits per heavy atom. The largest absolute Gasteiger partial charge is 0.508 e. The molecule has 0 bridgehead atoms. The number of halogens is 1. The number of amides is 1. The van der Waals surface area contributed by atoms with Crippen molar-refractivity contribution in [3.8, 4) is 5.75 Å². The third kappa shape index (κ3) is 9.48. The molecular weight excluding hydrogens is 726 g/mol. The van der Waals surface area contributed by atoms with Crippen LogP contribution in [0.25, 0.3) is 0 Å². The molecule has 2 aliphatic heterocycles. The van der Waals surface area contributed by atoms with Gasteiger partial charge in [0.05, 0.1) is 36.6 Å². The van der Waals surface area contributed by atoms with E-state index in [4.69, 9.17) is 0 Å².